The molecule has 0 bridgehead atoms. The molecule has 1 aromatic heterocycles. The first-order valence-corrected chi connectivity index (χ1v) is 8.51. The van der Waals surface area contributed by atoms with E-state index in [2.05, 4.69) is 25.1 Å². The molecule has 0 saturated carbocycles. The minimum Gasteiger partial charge on any atom is -0.379 e. The summed E-state index contributed by atoms with van der Waals surface area (Å²) in [5.41, 5.74) is 1.44. The van der Waals surface area contributed by atoms with E-state index in [1.165, 1.54) is 0 Å². The van der Waals surface area contributed by atoms with Gasteiger partial charge in [0.05, 0.1) is 13.2 Å². The number of hydrogen-bond acceptors (Lipinski definition) is 6. The van der Waals surface area contributed by atoms with E-state index in [0.717, 1.165) is 18.8 Å². The van der Waals surface area contributed by atoms with Gasteiger partial charge in [-0.1, -0.05) is 0 Å². The van der Waals surface area contributed by atoms with Crippen LogP contribution in [0.15, 0.2) is 5.03 Å². The average molecular weight is 317 g/mol. The topological polar surface area (TPSA) is 99.3 Å². The van der Waals surface area contributed by atoms with Crippen LogP contribution < -0.4 is 10.0 Å². The molecule has 120 valence electrons. The van der Waals surface area contributed by atoms with E-state index in [0.29, 0.717) is 38.4 Å². The van der Waals surface area contributed by atoms with Crippen molar-refractivity contribution in [2.45, 2.75) is 18.5 Å². The van der Waals surface area contributed by atoms with Crippen LogP contribution >= 0.6 is 0 Å². The zero-order chi connectivity index (χ0) is 15.3. The number of aromatic nitrogens is 2. The summed E-state index contributed by atoms with van der Waals surface area (Å²) in [5.74, 6) is 0. The normalized spacial score (nSPS) is 17.2. The van der Waals surface area contributed by atoms with Crippen LogP contribution in [0.1, 0.15) is 11.3 Å². The minimum absolute atomic E-state index is 0.0799. The van der Waals surface area contributed by atoms with Gasteiger partial charge >= 0.3 is 0 Å². The van der Waals surface area contributed by atoms with Crippen LogP contribution in [-0.2, 0) is 21.3 Å². The second kappa shape index (κ2) is 7.32. The maximum absolute atomic E-state index is 12.3. The summed E-state index contributed by atoms with van der Waals surface area (Å²) in [4.78, 5) is 2.18. The van der Waals surface area contributed by atoms with Crippen molar-refractivity contribution in [2.24, 2.45) is 0 Å². The summed E-state index contributed by atoms with van der Waals surface area (Å²) in [7, 11) is -1.81. The van der Waals surface area contributed by atoms with Crippen molar-refractivity contribution >= 4 is 10.0 Å². The number of H-pyrrole nitrogens is 1. The Morgan fingerprint density at radius 3 is 2.76 bits per heavy atom. The fraction of sp³-hybridized carbons (Fsp3) is 0.750. The van der Waals surface area contributed by atoms with E-state index in [4.69, 9.17) is 4.74 Å². The van der Waals surface area contributed by atoms with Crippen molar-refractivity contribution in [1.29, 1.82) is 0 Å². The molecule has 1 saturated heterocycles. The van der Waals surface area contributed by atoms with Gasteiger partial charge in [-0.05, 0) is 14.0 Å². The van der Waals surface area contributed by atoms with Gasteiger partial charge in [0.1, 0.15) is 0 Å². The van der Waals surface area contributed by atoms with Gasteiger partial charge in [-0.3, -0.25) is 10.00 Å². The number of nitrogens with zero attached hydrogens (tertiary/aromatic N) is 2. The van der Waals surface area contributed by atoms with Crippen LogP contribution in [0.3, 0.4) is 0 Å². The largest absolute Gasteiger partial charge is 0.379 e. The molecule has 0 amide bonds. The Morgan fingerprint density at radius 1 is 1.38 bits per heavy atom. The average Bonchev–Trinajstić information content (AvgIpc) is 2.83. The van der Waals surface area contributed by atoms with Gasteiger partial charge in [0.2, 0.25) is 0 Å². The smallest absolute Gasteiger partial charge is 0.260 e. The fourth-order valence-corrected chi connectivity index (χ4v) is 3.48. The molecule has 1 aliphatic rings. The molecule has 1 aliphatic heterocycles. The molecule has 21 heavy (non-hydrogen) atoms. The van der Waals surface area contributed by atoms with Gasteiger partial charge < -0.3 is 10.1 Å². The van der Waals surface area contributed by atoms with Gasteiger partial charge in [0.15, 0.2) is 5.03 Å². The second-order valence-corrected chi connectivity index (χ2v) is 6.70. The third kappa shape index (κ3) is 4.24. The first-order chi connectivity index (χ1) is 10.0. The predicted octanol–water partition coefficient (Wildman–Crippen LogP) is -0.952. The van der Waals surface area contributed by atoms with Crippen LogP contribution in [-0.4, -0.2) is 70.0 Å². The lowest BCUT2D eigenvalue weighted by Gasteiger charge is -2.26. The second-order valence-electron chi connectivity index (χ2n) is 5.01. The Labute approximate surface area is 125 Å². The third-order valence-electron chi connectivity index (χ3n) is 3.47. The number of sulfonamides is 1. The Kier molecular flexibility index (Phi) is 5.71. The molecule has 8 nitrogen and oxygen atoms in total. The number of nitrogens with one attached hydrogen (secondary N) is 3. The first-order valence-electron chi connectivity index (χ1n) is 7.03. The van der Waals surface area contributed by atoms with Crippen molar-refractivity contribution in [3.63, 3.8) is 0 Å². The lowest BCUT2D eigenvalue weighted by atomic mass is 10.3. The van der Waals surface area contributed by atoms with E-state index in [1.54, 1.807) is 7.05 Å². The van der Waals surface area contributed by atoms with Gasteiger partial charge in [-0.25, -0.2) is 13.1 Å². The van der Waals surface area contributed by atoms with E-state index < -0.39 is 10.0 Å². The SMILES string of the molecule is CNCc1c(S(=O)(=O)NCCN2CCOCC2)n[nH]c1C. The predicted molar refractivity (Wildman–Crippen MR) is 78.5 cm³/mol. The zero-order valence-electron chi connectivity index (χ0n) is 12.5. The molecule has 2 heterocycles. The number of aryl methyl sites for hydroxylation is 1. The van der Waals surface area contributed by atoms with Crippen LogP contribution in [0.5, 0.6) is 0 Å². The summed E-state index contributed by atoms with van der Waals surface area (Å²) in [6, 6.07) is 0. The molecule has 2 rings (SSSR count). The molecule has 3 N–H and O–H groups in total. The van der Waals surface area contributed by atoms with Crippen molar-refractivity contribution in [3.8, 4) is 0 Å². The lowest BCUT2D eigenvalue weighted by Crippen LogP contribution is -2.41. The number of aromatic amines is 1. The number of morpholine rings is 1. The highest BCUT2D eigenvalue weighted by atomic mass is 32.2. The molecule has 1 aromatic rings. The third-order valence-corrected chi connectivity index (χ3v) is 4.90. The molecule has 0 radical (unpaired) electrons. The Bertz CT molecular complexity index is 551. The first kappa shape index (κ1) is 16.4. The highest BCUT2D eigenvalue weighted by Gasteiger charge is 2.23. The quantitative estimate of drug-likeness (QED) is 0.599. The number of ether oxygens (including phenoxy) is 1. The highest BCUT2D eigenvalue weighted by molar-refractivity contribution is 7.89. The van der Waals surface area contributed by atoms with E-state index in [1.807, 2.05) is 6.92 Å². The molecule has 0 spiro atoms. The van der Waals surface area contributed by atoms with Crippen LogP contribution in [0.2, 0.25) is 0 Å². The molecule has 0 unspecified atom stereocenters. The van der Waals surface area contributed by atoms with E-state index in [9.17, 15) is 8.42 Å². The Balaban J connectivity index is 1.95. The Morgan fingerprint density at radius 2 is 2.10 bits per heavy atom. The standard InChI is InChI=1S/C12H23N5O3S/c1-10-11(9-13-2)12(16-15-10)21(18,19)14-3-4-17-5-7-20-8-6-17/h13-14H,3-9H2,1-2H3,(H,15,16). The fourth-order valence-electron chi connectivity index (χ4n) is 2.27. The molecule has 1 fully saturated rings. The van der Waals surface area contributed by atoms with Crippen molar-refractivity contribution in [3.05, 3.63) is 11.3 Å². The summed E-state index contributed by atoms with van der Waals surface area (Å²) in [6.45, 7) is 6.41. The van der Waals surface area contributed by atoms with Crippen LogP contribution in [0, 0.1) is 6.92 Å². The van der Waals surface area contributed by atoms with Crippen molar-refractivity contribution in [1.82, 2.24) is 25.1 Å². The Hall–Kier alpha value is -1.00. The zero-order valence-corrected chi connectivity index (χ0v) is 13.3. The molecular weight excluding hydrogens is 294 g/mol. The van der Waals surface area contributed by atoms with Crippen molar-refractivity contribution < 1.29 is 13.2 Å². The summed E-state index contributed by atoms with van der Waals surface area (Å²) in [6.07, 6.45) is 0. The lowest BCUT2D eigenvalue weighted by molar-refractivity contribution is 0.0390. The van der Waals surface area contributed by atoms with Crippen LogP contribution in [0.4, 0.5) is 0 Å². The number of hydrogen-bond donors (Lipinski definition) is 3. The molecule has 9 heteroatoms. The highest BCUT2D eigenvalue weighted by Crippen LogP contribution is 2.15. The monoisotopic (exact) mass is 317 g/mol. The summed E-state index contributed by atoms with van der Waals surface area (Å²) < 4.78 is 32.5. The van der Waals surface area contributed by atoms with Gasteiger partial charge in [0, 0.05) is 44.0 Å². The van der Waals surface area contributed by atoms with Crippen molar-refractivity contribution in [2.75, 3.05) is 46.4 Å². The maximum Gasteiger partial charge on any atom is 0.260 e. The van der Waals surface area contributed by atoms with Gasteiger partial charge in [-0.2, -0.15) is 5.10 Å². The van der Waals surface area contributed by atoms with Gasteiger partial charge in [0.25, 0.3) is 10.0 Å². The minimum atomic E-state index is -3.58. The van der Waals surface area contributed by atoms with Crippen LogP contribution in [0.25, 0.3) is 0 Å². The molecular formula is C12H23N5O3S. The van der Waals surface area contributed by atoms with Gasteiger partial charge in [-0.15, -0.1) is 0 Å². The molecule has 0 aliphatic carbocycles. The molecule has 0 aromatic carbocycles. The maximum atomic E-state index is 12.3. The summed E-state index contributed by atoms with van der Waals surface area (Å²) >= 11 is 0. The molecule has 0 atom stereocenters. The number of rotatable bonds is 7. The van der Waals surface area contributed by atoms with E-state index >= 15 is 0 Å². The van der Waals surface area contributed by atoms with E-state index in [-0.39, 0.29) is 5.03 Å². The summed E-state index contributed by atoms with van der Waals surface area (Å²) in [5, 5.41) is 9.69.